The maximum Gasteiger partial charge on any atom is 0.320 e. The molecule has 3 nitrogen and oxygen atoms in total. The summed E-state index contributed by atoms with van der Waals surface area (Å²) in [6.45, 7) is 3.34. The number of hydrogen-bond acceptors (Lipinski definition) is 3. The van der Waals surface area contributed by atoms with Crippen molar-refractivity contribution < 1.29 is 14.3 Å². The molecule has 0 aromatic heterocycles. The number of cyclic esters (lactones) is 2. The summed E-state index contributed by atoms with van der Waals surface area (Å²) in [6, 6.07) is 0. The van der Waals surface area contributed by atoms with E-state index in [1.165, 1.54) is 0 Å². The lowest BCUT2D eigenvalue weighted by Gasteiger charge is -2.23. The summed E-state index contributed by atoms with van der Waals surface area (Å²) in [6.07, 6.45) is 0.396. The van der Waals surface area contributed by atoms with E-state index >= 15 is 0 Å². The van der Waals surface area contributed by atoms with Crippen molar-refractivity contribution in [2.45, 2.75) is 24.6 Å². The van der Waals surface area contributed by atoms with Gasteiger partial charge in [-0.15, -0.1) is 23.2 Å². The second kappa shape index (κ2) is 3.46. The quantitative estimate of drug-likeness (QED) is 0.409. The third-order valence-corrected chi connectivity index (χ3v) is 3.26. The second-order valence-corrected chi connectivity index (χ2v) is 4.66. The molecule has 0 aliphatic carbocycles. The molecule has 1 fully saturated rings. The van der Waals surface area contributed by atoms with Gasteiger partial charge in [0.05, 0.1) is 5.92 Å². The number of halogens is 2. The minimum Gasteiger partial charge on any atom is -0.393 e. The van der Waals surface area contributed by atoms with Crippen molar-refractivity contribution in [1.82, 2.24) is 0 Å². The molecule has 5 heteroatoms. The Bertz CT molecular complexity index is 250. The van der Waals surface area contributed by atoms with Gasteiger partial charge in [0.15, 0.2) is 0 Å². The molecule has 0 amide bonds. The van der Waals surface area contributed by atoms with Crippen LogP contribution in [-0.2, 0) is 14.3 Å². The van der Waals surface area contributed by atoms with Crippen molar-refractivity contribution in [3.05, 3.63) is 0 Å². The van der Waals surface area contributed by atoms with Crippen LogP contribution in [0.5, 0.6) is 0 Å². The molecule has 13 heavy (non-hydrogen) atoms. The standard InChI is InChI=1S/C8H10Cl2O3/c1-3-8(9,10)5-4(2)6(11)13-7(5)12/h4-5H,3H2,1-2H3. The average molecular weight is 225 g/mol. The Balaban J connectivity index is 2.92. The van der Waals surface area contributed by atoms with Gasteiger partial charge in [0.1, 0.15) is 10.3 Å². The molecule has 1 aliphatic rings. The molecular formula is C8H10Cl2O3. The lowest BCUT2D eigenvalue weighted by molar-refractivity contribution is -0.153. The van der Waals surface area contributed by atoms with Crippen LogP contribution in [0.2, 0.25) is 0 Å². The van der Waals surface area contributed by atoms with Gasteiger partial charge < -0.3 is 4.74 Å². The predicted molar refractivity (Wildman–Crippen MR) is 48.5 cm³/mol. The molecule has 74 valence electrons. The maximum absolute atomic E-state index is 11.2. The van der Waals surface area contributed by atoms with Crippen LogP contribution in [0.3, 0.4) is 0 Å². The number of alkyl halides is 2. The third kappa shape index (κ3) is 1.81. The summed E-state index contributed by atoms with van der Waals surface area (Å²) in [4.78, 5) is 22.2. The van der Waals surface area contributed by atoms with Crippen LogP contribution in [0, 0.1) is 11.8 Å². The van der Waals surface area contributed by atoms with Crippen molar-refractivity contribution in [2.75, 3.05) is 0 Å². The summed E-state index contributed by atoms with van der Waals surface area (Å²) in [5, 5.41) is 0. The van der Waals surface area contributed by atoms with E-state index in [2.05, 4.69) is 4.74 Å². The highest BCUT2D eigenvalue weighted by molar-refractivity contribution is 6.49. The first kappa shape index (κ1) is 10.8. The normalized spacial score (nSPS) is 29.2. The van der Waals surface area contributed by atoms with Gasteiger partial charge in [-0.1, -0.05) is 13.8 Å². The van der Waals surface area contributed by atoms with Crippen LogP contribution >= 0.6 is 23.2 Å². The number of carbonyl (C=O) groups excluding carboxylic acids is 2. The summed E-state index contributed by atoms with van der Waals surface area (Å²) in [5.74, 6) is -2.46. The van der Waals surface area contributed by atoms with Gasteiger partial charge in [0.25, 0.3) is 0 Å². The van der Waals surface area contributed by atoms with E-state index < -0.39 is 28.1 Å². The summed E-state index contributed by atoms with van der Waals surface area (Å²) in [7, 11) is 0. The smallest absolute Gasteiger partial charge is 0.320 e. The first-order valence-corrected chi connectivity index (χ1v) is 4.79. The van der Waals surface area contributed by atoms with Gasteiger partial charge in [-0.3, -0.25) is 9.59 Å². The molecule has 0 N–H and O–H groups in total. The van der Waals surface area contributed by atoms with E-state index in [1.54, 1.807) is 13.8 Å². The molecular weight excluding hydrogens is 215 g/mol. The molecule has 0 saturated carbocycles. The van der Waals surface area contributed by atoms with Crippen LogP contribution in [0.15, 0.2) is 0 Å². The number of hydrogen-bond donors (Lipinski definition) is 0. The van der Waals surface area contributed by atoms with Crippen molar-refractivity contribution in [1.29, 1.82) is 0 Å². The first-order valence-electron chi connectivity index (χ1n) is 4.03. The van der Waals surface area contributed by atoms with Crippen molar-refractivity contribution in [3.8, 4) is 0 Å². The van der Waals surface area contributed by atoms with Gasteiger partial charge >= 0.3 is 11.9 Å². The highest BCUT2D eigenvalue weighted by Gasteiger charge is 2.51. The molecule has 0 aromatic carbocycles. The zero-order valence-corrected chi connectivity index (χ0v) is 8.85. The Hall–Kier alpha value is -0.280. The Morgan fingerprint density at radius 3 is 2.23 bits per heavy atom. The van der Waals surface area contributed by atoms with Crippen LogP contribution in [0.25, 0.3) is 0 Å². The largest absolute Gasteiger partial charge is 0.393 e. The Morgan fingerprint density at radius 1 is 1.38 bits per heavy atom. The highest BCUT2D eigenvalue weighted by atomic mass is 35.5. The minimum absolute atomic E-state index is 0.396. The number of esters is 2. The van der Waals surface area contributed by atoms with Crippen molar-refractivity contribution >= 4 is 35.1 Å². The summed E-state index contributed by atoms with van der Waals surface area (Å²) >= 11 is 11.8. The maximum atomic E-state index is 11.2. The second-order valence-electron chi connectivity index (χ2n) is 3.12. The van der Waals surface area contributed by atoms with E-state index in [1.807, 2.05) is 0 Å². The van der Waals surface area contributed by atoms with Crippen molar-refractivity contribution in [2.24, 2.45) is 11.8 Å². The van der Waals surface area contributed by atoms with Gasteiger partial charge in [-0.05, 0) is 6.42 Å². The van der Waals surface area contributed by atoms with Gasteiger partial charge in [-0.2, -0.15) is 0 Å². The fraction of sp³-hybridized carbons (Fsp3) is 0.750. The molecule has 2 unspecified atom stereocenters. The van der Waals surface area contributed by atoms with E-state index in [4.69, 9.17) is 23.2 Å². The zero-order valence-electron chi connectivity index (χ0n) is 7.34. The number of rotatable bonds is 2. The van der Waals surface area contributed by atoms with Crippen LogP contribution in [0.4, 0.5) is 0 Å². The Morgan fingerprint density at radius 2 is 1.92 bits per heavy atom. The van der Waals surface area contributed by atoms with E-state index in [0.717, 1.165) is 0 Å². The number of carbonyl (C=O) groups is 2. The minimum atomic E-state index is -1.21. The van der Waals surface area contributed by atoms with Gasteiger partial charge in [0.2, 0.25) is 0 Å². The molecule has 1 heterocycles. The summed E-state index contributed by atoms with van der Waals surface area (Å²) in [5.41, 5.74) is 0. The van der Waals surface area contributed by atoms with Crippen LogP contribution < -0.4 is 0 Å². The summed E-state index contributed by atoms with van der Waals surface area (Å²) < 4.78 is 3.22. The molecule has 1 rings (SSSR count). The first-order chi connectivity index (χ1) is 5.90. The Kier molecular flexibility index (Phi) is 2.88. The van der Waals surface area contributed by atoms with Gasteiger partial charge in [-0.25, -0.2) is 0 Å². The molecule has 1 aliphatic heterocycles. The highest BCUT2D eigenvalue weighted by Crippen LogP contribution is 2.42. The fourth-order valence-corrected chi connectivity index (χ4v) is 1.91. The molecule has 0 spiro atoms. The number of ether oxygens (including phenoxy) is 1. The Labute approximate surface area is 86.3 Å². The molecule has 1 saturated heterocycles. The average Bonchev–Trinajstić information content (AvgIpc) is 2.27. The predicted octanol–water partition coefficient (Wildman–Crippen LogP) is 1.91. The third-order valence-electron chi connectivity index (χ3n) is 2.25. The molecule has 0 radical (unpaired) electrons. The lowest BCUT2D eigenvalue weighted by atomic mass is 9.91. The van der Waals surface area contributed by atoms with E-state index in [9.17, 15) is 9.59 Å². The molecule has 2 atom stereocenters. The van der Waals surface area contributed by atoms with E-state index in [0.29, 0.717) is 6.42 Å². The lowest BCUT2D eigenvalue weighted by Crippen LogP contribution is -2.33. The SMILES string of the molecule is CCC(Cl)(Cl)C1C(=O)OC(=O)C1C. The van der Waals surface area contributed by atoms with Crippen LogP contribution in [0.1, 0.15) is 20.3 Å². The fourth-order valence-electron chi connectivity index (χ4n) is 1.35. The monoisotopic (exact) mass is 224 g/mol. The molecule has 0 bridgehead atoms. The van der Waals surface area contributed by atoms with Crippen LogP contribution in [-0.4, -0.2) is 16.3 Å². The van der Waals surface area contributed by atoms with E-state index in [-0.39, 0.29) is 0 Å². The van der Waals surface area contributed by atoms with Gasteiger partial charge in [0, 0.05) is 0 Å². The van der Waals surface area contributed by atoms with Crippen molar-refractivity contribution in [3.63, 3.8) is 0 Å². The topological polar surface area (TPSA) is 43.4 Å². The molecule has 0 aromatic rings. The zero-order chi connectivity index (χ0) is 10.2.